The quantitative estimate of drug-likeness (QED) is 0.754. The molecule has 0 unspecified atom stereocenters. The van der Waals surface area contributed by atoms with E-state index < -0.39 is 0 Å². The summed E-state index contributed by atoms with van der Waals surface area (Å²) in [6, 6.07) is 7.94. The second kappa shape index (κ2) is 4.45. The molecule has 0 saturated carbocycles. The van der Waals surface area contributed by atoms with Gasteiger partial charge in [0.2, 0.25) is 0 Å². The lowest BCUT2D eigenvalue weighted by Crippen LogP contribution is -2.01. The number of rotatable bonds is 3. The van der Waals surface area contributed by atoms with E-state index in [4.69, 9.17) is 0 Å². The van der Waals surface area contributed by atoms with Crippen LogP contribution in [0.3, 0.4) is 0 Å². The molecule has 17 heavy (non-hydrogen) atoms. The number of aromatic nitrogens is 1. The Hall–Kier alpha value is -2.03. The van der Waals surface area contributed by atoms with Crippen molar-refractivity contribution in [3.05, 3.63) is 41.7 Å². The highest BCUT2D eigenvalue weighted by Crippen LogP contribution is 2.24. The maximum atomic E-state index is 11.2. The molecule has 0 atom stereocenters. The van der Waals surface area contributed by atoms with E-state index in [0.717, 1.165) is 28.4 Å². The van der Waals surface area contributed by atoms with Crippen LogP contribution in [-0.4, -0.2) is 29.8 Å². The molecular formula is C14H16N2O. The summed E-state index contributed by atoms with van der Waals surface area (Å²) in [6.07, 6.45) is 4.84. The predicted molar refractivity (Wildman–Crippen MR) is 71.0 cm³/mol. The monoisotopic (exact) mass is 228 g/mol. The average molecular weight is 228 g/mol. The molecule has 0 fully saturated rings. The van der Waals surface area contributed by atoms with Gasteiger partial charge in [-0.2, -0.15) is 0 Å². The van der Waals surface area contributed by atoms with Crippen LogP contribution in [0.15, 0.2) is 30.5 Å². The van der Waals surface area contributed by atoms with E-state index in [-0.39, 0.29) is 0 Å². The van der Waals surface area contributed by atoms with Crippen molar-refractivity contribution in [3.63, 3.8) is 0 Å². The zero-order chi connectivity index (χ0) is 12.4. The van der Waals surface area contributed by atoms with Crippen LogP contribution in [0.2, 0.25) is 0 Å². The number of aryl methyl sites for hydroxylation is 1. The Bertz CT molecular complexity index is 579. The van der Waals surface area contributed by atoms with E-state index in [0.29, 0.717) is 0 Å². The number of hydrogen-bond donors (Lipinski definition) is 0. The number of nitrogens with zero attached hydrogens (tertiary/aromatic N) is 2. The standard InChI is InChI=1S/C14H16N2O/c1-15(2)9-8-14-12(10-17)11-6-4-5-7-13(11)16(14)3/h4-10H,1-3H3/b9-8+. The highest BCUT2D eigenvalue weighted by atomic mass is 16.1. The van der Waals surface area contributed by atoms with E-state index in [1.165, 1.54) is 0 Å². The number of carbonyl (C=O) groups excluding carboxylic acids is 1. The van der Waals surface area contributed by atoms with Gasteiger partial charge in [-0.25, -0.2) is 0 Å². The molecule has 0 bridgehead atoms. The molecule has 1 heterocycles. The normalized spacial score (nSPS) is 11.2. The molecule has 0 spiro atoms. The SMILES string of the molecule is CN(C)/C=C/c1c(C=O)c2ccccc2n1C. The van der Waals surface area contributed by atoms with Gasteiger partial charge in [-0.05, 0) is 12.1 Å². The average Bonchev–Trinajstić information content (AvgIpc) is 2.60. The van der Waals surface area contributed by atoms with Crippen molar-refractivity contribution < 1.29 is 4.79 Å². The summed E-state index contributed by atoms with van der Waals surface area (Å²) >= 11 is 0. The second-order valence-electron chi connectivity index (χ2n) is 4.27. The first-order valence-corrected chi connectivity index (χ1v) is 5.52. The zero-order valence-corrected chi connectivity index (χ0v) is 10.3. The lowest BCUT2D eigenvalue weighted by Gasteiger charge is -2.04. The summed E-state index contributed by atoms with van der Waals surface area (Å²) in [5, 5.41) is 1.00. The van der Waals surface area contributed by atoms with Crippen molar-refractivity contribution in [1.29, 1.82) is 0 Å². The zero-order valence-electron chi connectivity index (χ0n) is 10.3. The van der Waals surface area contributed by atoms with Gasteiger partial charge in [0.1, 0.15) is 0 Å². The Kier molecular flexibility index (Phi) is 3.00. The largest absolute Gasteiger partial charge is 0.383 e. The molecule has 88 valence electrons. The molecule has 0 N–H and O–H groups in total. The van der Waals surface area contributed by atoms with Gasteiger partial charge in [-0.15, -0.1) is 0 Å². The third-order valence-electron chi connectivity index (χ3n) is 2.84. The predicted octanol–water partition coefficient (Wildman–Crippen LogP) is 2.52. The van der Waals surface area contributed by atoms with Gasteiger partial charge in [0, 0.05) is 43.8 Å². The van der Waals surface area contributed by atoms with Crippen LogP contribution < -0.4 is 0 Å². The third kappa shape index (κ3) is 1.96. The number of aldehydes is 1. The van der Waals surface area contributed by atoms with E-state index in [1.807, 2.05) is 67.2 Å². The molecule has 0 aliphatic carbocycles. The molecule has 0 aliphatic heterocycles. The van der Waals surface area contributed by atoms with Gasteiger partial charge in [0.25, 0.3) is 0 Å². The fourth-order valence-electron chi connectivity index (χ4n) is 1.99. The number of hydrogen-bond acceptors (Lipinski definition) is 2. The second-order valence-corrected chi connectivity index (χ2v) is 4.27. The fourth-order valence-corrected chi connectivity index (χ4v) is 1.99. The summed E-state index contributed by atoms with van der Waals surface area (Å²) in [6.45, 7) is 0. The summed E-state index contributed by atoms with van der Waals surface area (Å²) in [7, 11) is 5.89. The van der Waals surface area contributed by atoms with Gasteiger partial charge in [-0.1, -0.05) is 18.2 Å². The van der Waals surface area contributed by atoms with Crippen LogP contribution >= 0.6 is 0 Å². The van der Waals surface area contributed by atoms with Crippen LogP contribution in [0.5, 0.6) is 0 Å². The van der Waals surface area contributed by atoms with Crippen molar-refractivity contribution >= 4 is 23.3 Å². The van der Waals surface area contributed by atoms with Crippen LogP contribution in [0, 0.1) is 0 Å². The van der Waals surface area contributed by atoms with Gasteiger partial charge >= 0.3 is 0 Å². The van der Waals surface area contributed by atoms with Gasteiger partial charge in [-0.3, -0.25) is 4.79 Å². The first-order chi connectivity index (χ1) is 8.15. The van der Waals surface area contributed by atoms with Crippen LogP contribution in [-0.2, 0) is 7.05 Å². The summed E-state index contributed by atoms with van der Waals surface area (Å²) < 4.78 is 2.04. The Morgan fingerprint density at radius 1 is 1.24 bits per heavy atom. The molecule has 2 rings (SSSR count). The topological polar surface area (TPSA) is 25.2 Å². The minimum atomic E-state index is 0.751. The smallest absolute Gasteiger partial charge is 0.152 e. The molecular weight excluding hydrogens is 212 g/mol. The Labute approximate surface area is 101 Å². The molecule has 0 aliphatic rings. The number of para-hydroxylation sites is 1. The number of benzene rings is 1. The minimum Gasteiger partial charge on any atom is -0.383 e. The van der Waals surface area contributed by atoms with Gasteiger partial charge in [0.05, 0.1) is 5.69 Å². The van der Waals surface area contributed by atoms with Crippen molar-refractivity contribution in [3.8, 4) is 0 Å². The lowest BCUT2D eigenvalue weighted by molar-refractivity contribution is 0.112. The lowest BCUT2D eigenvalue weighted by atomic mass is 10.1. The van der Waals surface area contributed by atoms with E-state index in [2.05, 4.69) is 0 Å². The van der Waals surface area contributed by atoms with Crippen LogP contribution in [0.25, 0.3) is 17.0 Å². The van der Waals surface area contributed by atoms with E-state index >= 15 is 0 Å². The van der Waals surface area contributed by atoms with Crippen molar-refractivity contribution in [2.45, 2.75) is 0 Å². The Morgan fingerprint density at radius 2 is 1.94 bits per heavy atom. The van der Waals surface area contributed by atoms with E-state index in [9.17, 15) is 4.79 Å². The van der Waals surface area contributed by atoms with Crippen LogP contribution in [0.1, 0.15) is 16.1 Å². The highest BCUT2D eigenvalue weighted by Gasteiger charge is 2.11. The highest BCUT2D eigenvalue weighted by molar-refractivity contribution is 6.01. The Morgan fingerprint density at radius 3 is 2.59 bits per heavy atom. The minimum absolute atomic E-state index is 0.751. The molecule has 2 aromatic rings. The fraction of sp³-hybridized carbons (Fsp3) is 0.214. The van der Waals surface area contributed by atoms with Crippen molar-refractivity contribution in [2.75, 3.05) is 14.1 Å². The maximum Gasteiger partial charge on any atom is 0.152 e. The van der Waals surface area contributed by atoms with E-state index in [1.54, 1.807) is 0 Å². The molecule has 3 nitrogen and oxygen atoms in total. The third-order valence-corrected chi connectivity index (χ3v) is 2.84. The molecule has 1 aromatic carbocycles. The molecule has 0 saturated heterocycles. The van der Waals surface area contributed by atoms with Crippen LogP contribution in [0.4, 0.5) is 0 Å². The first kappa shape index (κ1) is 11.5. The molecule has 0 radical (unpaired) electrons. The maximum absolute atomic E-state index is 11.2. The summed E-state index contributed by atoms with van der Waals surface area (Å²) in [4.78, 5) is 13.2. The number of carbonyl (C=O) groups is 1. The van der Waals surface area contributed by atoms with Crippen molar-refractivity contribution in [1.82, 2.24) is 9.47 Å². The van der Waals surface area contributed by atoms with Crippen molar-refractivity contribution in [2.24, 2.45) is 7.05 Å². The Balaban J connectivity index is 2.69. The molecule has 1 aromatic heterocycles. The summed E-state index contributed by atoms with van der Waals surface area (Å²) in [5.74, 6) is 0. The molecule has 0 amide bonds. The summed E-state index contributed by atoms with van der Waals surface area (Å²) in [5.41, 5.74) is 2.77. The van der Waals surface area contributed by atoms with Gasteiger partial charge < -0.3 is 9.47 Å². The molecule has 3 heteroatoms. The first-order valence-electron chi connectivity index (χ1n) is 5.52. The van der Waals surface area contributed by atoms with Gasteiger partial charge in [0.15, 0.2) is 6.29 Å². The number of fused-ring (bicyclic) bond motifs is 1.